The Bertz CT molecular complexity index is 486. The summed E-state index contributed by atoms with van der Waals surface area (Å²) in [6.45, 7) is 2.78. The van der Waals surface area contributed by atoms with Crippen molar-refractivity contribution in [2.75, 3.05) is 6.26 Å². The van der Waals surface area contributed by atoms with Crippen LogP contribution in [0.15, 0.2) is 5.11 Å². The summed E-state index contributed by atoms with van der Waals surface area (Å²) < 4.78 is 37.2. The number of hydrogen-bond donors (Lipinski definition) is 0. The first-order valence-corrected chi connectivity index (χ1v) is 7.29. The highest BCUT2D eigenvalue weighted by atomic mass is 32.2. The largest absolute Gasteiger partial charge is 0.435 e. The summed E-state index contributed by atoms with van der Waals surface area (Å²) >= 11 is 0. The maximum atomic E-state index is 11.1. The van der Waals surface area contributed by atoms with Crippen LogP contribution in [0.4, 0.5) is 0 Å². The molecule has 1 rings (SSSR count). The highest BCUT2D eigenvalue weighted by Crippen LogP contribution is 2.26. The van der Waals surface area contributed by atoms with Crippen molar-refractivity contribution in [1.82, 2.24) is 0 Å². The normalized spacial score (nSPS) is 31.3. The minimum Gasteiger partial charge on any atom is -0.435 e. The molecule has 0 saturated carbocycles. The van der Waals surface area contributed by atoms with E-state index in [1.807, 2.05) is 0 Å². The summed E-state index contributed by atoms with van der Waals surface area (Å²) in [5, 5.41) is 3.44. The molecule has 108 valence electrons. The zero-order valence-electron chi connectivity index (χ0n) is 10.7. The molecule has 0 bridgehead atoms. The lowest BCUT2D eigenvalue weighted by molar-refractivity contribution is -0.219. The Morgan fingerprint density at radius 2 is 2.16 bits per heavy atom. The van der Waals surface area contributed by atoms with Crippen LogP contribution in [0.1, 0.15) is 20.3 Å². The lowest BCUT2D eigenvalue weighted by Gasteiger charge is -2.36. The Kier molecular flexibility index (Phi) is 5.12. The van der Waals surface area contributed by atoms with Crippen LogP contribution in [0, 0.1) is 0 Å². The molecule has 0 aromatic carbocycles. The molecule has 0 aromatic heterocycles. The number of hydrogen-bond acceptors (Lipinski definition) is 7. The first-order chi connectivity index (χ1) is 8.73. The third-order valence-electron chi connectivity index (χ3n) is 2.44. The summed E-state index contributed by atoms with van der Waals surface area (Å²) in [6, 6.07) is -0.836. The maximum Gasteiger partial charge on any atom is 0.304 e. The highest BCUT2D eigenvalue weighted by Gasteiger charge is 2.39. The molecule has 1 aliphatic rings. The highest BCUT2D eigenvalue weighted by molar-refractivity contribution is 7.86. The van der Waals surface area contributed by atoms with E-state index in [2.05, 4.69) is 10.0 Å². The lowest BCUT2D eigenvalue weighted by atomic mass is 10.0. The predicted molar refractivity (Wildman–Crippen MR) is 63.4 cm³/mol. The second kappa shape index (κ2) is 6.20. The number of esters is 1. The summed E-state index contributed by atoms with van der Waals surface area (Å²) in [5.74, 6) is -0.585. The molecule has 1 fully saturated rings. The first-order valence-electron chi connectivity index (χ1n) is 5.48. The summed E-state index contributed by atoms with van der Waals surface area (Å²) in [7, 11) is -3.66. The molecule has 0 aromatic rings. The van der Waals surface area contributed by atoms with E-state index in [1.165, 1.54) is 6.92 Å². The predicted octanol–water partition coefficient (Wildman–Crippen LogP) is 0.708. The monoisotopic (exact) mass is 293 g/mol. The molecule has 0 radical (unpaired) electrons. The number of carbonyl (C=O) groups is 1. The fourth-order valence-electron chi connectivity index (χ4n) is 1.71. The van der Waals surface area contributed by atoms with Gasteiger partial charge in [0.1, 0.15) is 12.1 Å². The average molecular weight is 293 g/mol. The van der Waals surface area contributed by atoms with Gasteiger partial charge in [0.05, 0.1) is 12.4 Å². The molecule has 0 amide bonds. The fourth-order valence-corrected chi connectivity index (χ4v) is 2.39. The fraction of sp³-hybridized carbons (Fsp3) is 0.889. The van der Waals surface area contributed by atoms with Gasteiger partial charge in [-0.05, 0) is 18.9 Å². The van der Waals surface area contributed by atoms with Crippen LogP contribution in [0.3, 0.4) is 0 Å². The molecule has 0 N–H and O–H groups in total. The molecule has 0 aliphatic carbocycles. The van der Waals surface area contributed by atoms with Crippen molar-refractivity contribution < 1.29 is 26.9 Å². The lowest BCUT2D eigenvalue weighted by Crippen LogP contribution is -2.48. The van der Waals surface area contributed by atoms with Crippen LogP contribution in [-0.2, 0) is 28.6 Å². The van der Waals surface area contributed by atoms with Gasteiger partial charge in [-0.15, -0.1) is 0 Å². The molecular formula is C9H15N3O6S. The van der Waals surface area contributed by atoms with Gasteiger partial charge in [-0.3, -0.25) is 8.98 Å². The van der Waals surface area contributed by atoms with Crippen LogP contribution in [0.2, 0.25) is 0 Å². The van der Waals surface area contributed by atoms with Crippen LogP contribution in [0.5, 0.6) is 0 Å². The number of carbonyl (C=O) groups excluding carboxylic acids is 1. The van der Waals surface area contributed by atoms with E-state index >= 15 is 0 Å². The van der Waals surface area contributed by atoms with Gasteiger partial charge in [-0.2, -0.15) is 8.42 Å². The minimum absolute atomic E-state index is 0.0796. The summed E-state index contributed by atoms with van der Waals surface area (Å²) in [6.07, 6.45) is -1.46. The van der Waals surface area contributed by atoms with Gasteiger partial charge in [-0.1, -0.05) is 5.11 Å². The average Bonchev–Trinajstić information content (AvgIpc) is 2.22. The Balaban J connectivity index is 2.84. The van der Waals surface area contributed by atoms with E-state index in [-0.39, 0.29) is 6.42 Å². The zero-order chi connectivity index (χ0) is 14.6. The number of nitrogens with zero attached hydrogens (tertiary/aromatic N) is 3. The van der Waals surface area contributed by atoms with Crippen molar-refractivity contribution in [2.45, 2.75) is 44.8 Å². The molecule has 9 nitrogen and oxygen atoms in total. The van der Waals surface area contributed by atoms with E-state index in [0.29, 0.717) is 0 Å². The van der Waals surface area contributed by atoms with Gasteiger partial charge in [0.25, 0.3) is 10.1 Å². The molecule has 1 heterocycles. The molecular weight excluding hydrogens is 278 g/mol. The third kappa shape index (κ3) is 5.03. The van der Waals surface area contributed by atoms with Crippen molar-refractivity contribution in [3.05, 3.63) is 10.4 Å². The molecule has 1 saturated heterocycles. The van der Waals surface area contributed by atoms with E-state index in [0.717, 1.165) is 6.26 Å². The topological polar surface area (TPSA) is 128 Å². The van der Waals surface area contributed by atoms with Gasteiger partial charge in [0.15, 0.2) is 0 Å². The van der Waals surface area contributed by atoms with Gasteiger partial charge in [-0.25, -0.2) is 0 Å². The molecule has 19 heavy (non-hydrogen) atoms. The van der Waals surface area contributed by atoms with E-state index in [1.54, 1.807) is 6.92 Å². The standard InChI is InChI=1S/C9H15N3O6S/c1-5-8(18-19(3,14)15)4-7(11-12-10)9(16-5)17-6(2)13/h5,7-9H,4H2,1-3H3/t5-,7+,8-,9-/m0/s1. The maximum absolute atomic E-state index is 11.1. The van der Waals surface area contributed by atoms with E-state index < -0.39 is 40.6 Å². The smallest absolute Gasteiger partial charge is 0.304 e. The minimum atomic E-state index is -3.66. The van der Waals surface area contributed by atoms with Gasteiger partial charge < -0.3 is 9.47 Å². The van der Waals surface area contributed by atoms with Crippen LogP contribution in [-0.4, -0.2) is 45.2 Å². The van der Waals surface area contributed by atoms with Crippen molar-refractivity contribution >= 4 is 16.1 Å². The van der Waals surface area contributed by atoms with Crippen LogP contribution < -0.4 is 0 Å². The quantitative estimate of drug-likeness (QED) is 0.247. The number of ether oxygens (including phenoxy) is 2. The van der Waals surface area contributed by atoms with Crippen molar-refractivity contribution in [2.24, 2.45) is 5.11 Å². The Labute approximate surface area is 110 Å². The Morgan fingerprint density at radius 1 is 1.53 bits per heavy atom. The first kappa shape index (κ1) is 15.7. The summed E-state index contributed by atoms with van der Waals surface area (Å²) in [4.78, 5) is 13.5. The molecule has 0 unspecified atom stereocenters. The van der Waals surface area contributed by atoms with Gasteiger partial charge in [0, 0.05) is 11.8 Å². The van der Waals surface area contributed by atoms with Crippen molar-refractivity contribution in [3.8, 4) is 0 Å². The summed E-state index contributed by atoms with van der Waals surface area (Å²) in [5.41, 5.74) is 8.46. The van der Waals surface area contributed by atoms with E-state index in [9.17, 15) is 13.2 Å². The van der Waals surface area contributed by atoms with Gasteiger partial charge >= 0.3 is 5.97 Å². The van der Waals surface area contributed by atoms with E-state index in [4.69, 9.17) is 19.2 Å². The SMILES string of the molecule is CC(=O)O[C@@H]1O[C@@H](C)[C@@H](OS(C)(=O)=O)C[C@H]1N=[N+]=[N-]. The molecule has 0 spiro atoms. The molecule has 4 atom stereocenters. The van der Waals surface area contributed by atoms with Crippen molar-refractivity contribution in [1.29, 1.82) is 0 Å². The Hall–Kier alpha value is -1.35. The third-order valence-corrected chi connectivity index (χ3v) is 3.04. The van der Waals surface area contributed by atoms with Crippen molar-refractivity contribution in [3.63, 3.8) is 0 Å². The molecule has 1 aliphatic heterocycles. The second-order valence-electron chi connectivity index (χ2n) is 4.17. The zero-order valence-corrected chi connectivity index (χ0v) is 11.5. The Morgan fingerprint density at radius 3 is 2.63 bits per heavy atom. The number of azide groups is 1. The molecule has 10 heteroatoms. The van der Waals surface area contributed by atoms with Crippen LogP contribution >= 0.6 is 0 Å². The van der Waals surface area contributed by atoms with Crippen LogP contribution in [0.25, 0.3) is 10.4 Å². The second-order valence-corrected chi connectivity index (χ2v) is 5.77. The van der Waals surface area contributed by atoms with Gasteiger partial charge in [0.2, 0.25) is 6.29 Å². The number of rotatable bonds is 4.